The summed E-state index contributed by atoms with van der Waals surface area (Å²) in [7, 11) is 0. The minimum atomic E-state index is 0.554. The molecule has 1 radical (unpaired) electrons. The van der Waals surface area contributed by atoms with Crippen molar-refractivity contribution in [2.75, 3.05) is 13.2 Å². The van der Waals surface area contributed by atoms with Crippen molar-refractivity contribution < 1.29 is 14.7 Å². The van der Waals surface area contributed by atoms with Crippen LogP contribution in [0.4, 0.5) is 0 Å². The number of amides is 1. The molecule has 1 fully saturated rings. The molecule has 1 aliphatic rings. The number of hydrogen-bond acceptors (Lipinski definition) is 3. The van der Waals surface area contributed by atoms with E-state index in [9.17, 15) is 4.79 Å². The lowest BCUT2D eigenvalue weighted by molar-refractivity contribution is -0.401. The third-order valence-corrected chi connectivity index (χ3v) is 2.08. The van der Waals surface area contributed by atoms with Gasteiger partial charge in [-0.2, -0.15) is 5.06 Å². The highest BCUT2D eigenvalue weighted by atomic mass is 17.3. The molecule has 0 unspecified atom stereocenters. The second-order valence-corrected chi connectivity index (χ2v) is 3.21. The third kappa shape index (κ3) is 4.85. The summed E-state index contributed by atoms with van der Waals surface area (Å²) in [4.78, 5) is 19.9. The van der Waals surface area contributed by atoms with Crippen molar-refractivity contribution in [1.82, 2.24) is 5.06 Å². The minimum absolute atomic E-state index is 0.554. The number of hydroxylamine groups is 2. The number of rotatable bonds is 1. The fourth-order valence-corrected chi connectivity index (χ4v) is 1.32. The Labute approximate surface area is 78.7 Å². The van der Waals surface area contributed by atoms with E-state index in [0.29, 0.717) is 13.2 Å². The van der Waals surface area contributed by atoms with Crippen molar-refractivity contribution in [3.05, 3.63) is 0 Å². The standard InChI is InChI=1S/C9H16NO3/c11-9-10-7-5-3-1-2-4-6-8-12-13-10/h1-8H2. The van der Waals surface area contributed by atoms with Crippen LogP contribution in [0.1, 0.15) is 38.5 Å². The van der Waals surface area contributed by atoms with Crippen LogP contribution in [-0.4, -0.2) is 24.6 Å². The molecule has 0 saturated carbocycles. The molecule has 4 nitrogen and oxygen atoms in total. The Morgan fingerprint density at radius 1 is 1.00 bits per heavy atom. The average Bonchev–Trinajstić information content (AvgIpc) is 2.22. The molecule has 0 spiro atoms. The van der Waals surface area contributed by atoms with Gasteiger partial charge in [-0.25, -0.2) is 4.89 Å². The van der Waals surface area contributed by atoms with E-state index in [0.717, 1.165) is 24.3 Å². The Morgan fingerprint density at radius 3 is 2.46 bits per heavy atom. The van der Waals surface area contributed by atoms with Gasteiger partial charge in [0, 0.05) is 0 Å². The van der Waals surface area contributed by atoms with Gasteiger partial charge in [-0.15, -0.1) is 4.99 Å². The molecule has 0 aromatic heterocycles. The topological polar surface area (TPSA) is 38.8 Å². The average molecular weight is 186 g/mol. The van der Waals surface area contributed by atoms with E-state index >= 15 is 0 Å². The minimum Gasteiger partial charge on any atom is -0.261 e. The van der Waals surface area contributed by atoms with E-state index in [4.69, 9.17) is 9.88 Å². The lowest BCUT2D eigenvalue weighted by Crippen LogP contribution is -2.23. The van der Waals surface area contributed by atoms with Gasteiger partial charge in [0.2, 0.25) is 0 Å². The molecule has 0 aliphatic carbocycles. The predicted molar refractivity (Wildman–Crippen MR) is 47.1 cm³/mol. The molecule has 13 heavy (non-hydrogen) atoms. The zero-order chi connectivity index (χ0) is 9.36. The Balaban J connectivity index is 2.22. The monoisotopic (exact) mass is 186 g/mol. The van der Waals surface area contributed by atoms with Gasteiger partial charge in [0.15, 0.2) is 0 Å². The quantitative estimate of drug-likeness (QED) is 0.583. The summed E-state index contributed by atoms with van der Waals surface area (Å²) < 4.78 is 0. The van der Waals surface area contributed by atoms with Crippen LogP contribution in [0, 0.1) is 0 Å². The van der Waals surface area contributed by atoms with E-state index < -0.39 is 0 Å². The Hall–Kier alpha value is -0.610. The van der Waals surface area contributed by atoms with Crippen molar-refractivity contribution in [3.8, 4) is 0 Å². The van der Waals surface area contributed by atoms with Crippen LogP contribution in [0.15, 0.2) is 0 Å². The molecule has 1 amide bonds. The van der Waals surface area contributed by atoms with Crippen LogP contribution in [0.2, 0.25) is 0 Å². The Morgan fingerprint density at radius 2 is 1.69 bits per heavy atom. The SMILES string of the molecule is O=[C]N1CCCCCCCCOO1. The van der Waals surface area contributed by atoms with Crippen LogP contribution in [0.25, 0.3) is 0 Å². The molecule has 1 aliphatic heterocycles. The van der Waals surface area contributed by atoms with Crippen LogP contribution in [-0.2, 0) is 14.7 Å². The van der Waals surface area contributed by atoms with Crippen molar-refractivity contribution in [1.29, 1.82) is 0 Å². The fraction of sp³-hybridized carbons (Fsp3) is 0.889. The van der Waals surface area contributed by atoms with E-state index in [1.54, 1.807) is 6.41 Å². The third-order valence-electron chi connectivity index (χ3n) is 2.08. The molecule has 1 heterocycles. The van der Waals surface area contributed by atoms with Gasteiger partial charge in [0.05, 0.1) is 13.2 Å². The summed E-state index contributed by atoms with van der Waals surface area (Å²) in [6, 6.07) is 0. The van der Waals surface area contributed by atoms with E-state index in [2.05, 4.69) is 0 Å². The summed E-state index contributed by atoms with van der Waals surface area (Å²) in [6.45, 7) is 1.13. The highest BCUT2D eigenvalue weighted by molar-refractivity contribution is 5.45. The molecular weight excluding hydrogens is 170 g/mol. The second kappa shape index (κ2) is 6.86. The predicted octanol–water partition coefficient (Wildman–Crippen LogP) is 1.57. The van der Waals surface area contributed by atoms with Gasteiger partial charge < -0.3 is 0 Å². The largest absolute Gasteiger partial charge is 0.340 e. The number of nitrogens with zero attached hydrogens (tertiary/aromatic N) is 1. The van der Waals surface area contributed by atoms with Crippen molar-refractivity contribution in [3.63, 3.8) is 0 Å². The zero-order valence-corrected chi connectivity index (χ0v) is 7.83. The molecule has 1 rings (SSSR count). The Kier molecular flexibility index (Phi) is 5.52. The maximum atomic E-state index is 10.3. The van der Waals surface area contributed by atoms with Crippen molar-refractivity contribution in [2.24, 2.45) is 0 Å². The molecule has 0 N–H and O–H groups in total. The highest BCUT2D eigenvalue weighted by Gasteiger charge is 2.05. The molecule has 0 bridgehead atoms. The lowest BCUT2D eigenvalue weighted by Gasteiger charge is -2.12. The van der Waals surface area contributed by atoms with Gasteiger partial charge in [-0.05, 0) is 12.8 Å². The van der Waals surface area contributed by atoms with E-state index in [-0.39, 0.29) is 0 Å². The van der Waals surface area contributed by atoms with Crippen molar-refractivity contribution >= 4 is 6.41 Å². The van der Waals surface area contributed by atoms with Gasteiger partial charge >= 0.3 is 6.41 Å². The molecule has 4 heteroatoms. The van der Waals surface area contributed by atoms with Crippen LogP contribution < -0.4 is 0 Å². The molecule has 0 aromatic carbocycles. The first-order chi connectivity index (χ1) is 6.43. The summed E-state index contributed by atoms with van der Waals surface area (Å²) in [5.41, 5.74) is 0. The highest BCUT2D eigenvalue weighted by Crippen LogP contribution is 2.08. The van der Waals surface area contributed by atoms with Gasteiger partial charge in [-0.3, -0.25) is 4.79 Å². The van der Waals surface area contributed by atoms with Crippen molar-refractivity contribution in [2.45, 2.75) is 38.5 Å². The van der Waals surface area contributed by atoms with Gasteiger partial charge in [0.25, 0.3) is 0 Å². The normalized spacial score (nSPS) is 22.0. The summed E-state index contributed by atoms with van der Waals surface area (Å²) in [5.74, 6) is 0. The van der Waals surface area contributed by atoms with Gasteiger partial charge in [0.1, 0.15) is 0 Å². The molecule has 1 saturated heterocycles. The van der Waals surface area contributed by atoms with Crippen LogP contribution >= 0.6 is 0 Å². The molecular formula is C9H16NO3. The first-order valence-electron chi connectivity index (χ1n) is 4.88. The maximum absolute atomic E-state index is 10.3. The summed E-state index contributed by atoms with van der Waals surface area (Å²) >= 11 is 0. The smallest absolute Gasteiger partial charge is 0.261 e. The summed E-state index contributed by atoms with van der Waals surface area (Å²) in [5, 5.41) is 1.09. The van der Waals surface area contributed by atoms with Crippen LogP contribution in [0.3, 0.4) is 0 Å². The number of carbonyl (C=O) groups excluding carboxylic acids is 1. The maximum Gasteiger partial charge on any atom is 0.340 e. The van der Waals surface area contributed by atoms with E-state index in [1.807, 2.05) is 0 Å². The lowest BCUT2D eigenvalue weighted by atomic mass is 10.1. The molecule has 0 aromatic rings. The van der Waals surface area contributed by atoms with E-state index in [1.165, 1.54) is 19.3 Å². The molecule has 75 valence electrons. The number of hydrogen-bond donors (Lipinski definition) is 0. The van der Waals surface area contributed by atoms with Crippen LogP contribution in [0.5, 0.6) is 0 Å². The molecule has 0 atom stereocenters. The second-order valence-electron chi connectivity index (χ2n) is 3.21. The van der Waals surface area contributed by atoms with Gasteiger partial charge in [-0.1, -0.05) is 25.7 Å². The first kappa shape index (κ1) is 10.5. The summed E-state index contributed by atoms with van der Waals surface area (Å²) in [6.07, 6.45) is 8.41. The first-order valence-corrected chi connectivity index (χ1v) is 4.88. The fourth-order valence-electron chi connectivity index (χ4n) is 1.32. The zero-order valence-electron chi connectivity index (χ0n) is 7.83. The Bertz CT molecular complexity index is 129.